The van der Waals surface area contributed by atoms with Gasteiger partial charge in [0.2, 0.25) is 0 Å². The first-order valence-corrected chi connectivity index (χ1v) is 7.69. The van der Waals surface area contributed by atoms with Crippen molar-refractivity contribution < 1.29 is 14.6 Å². The van der Waals surface area contributed by atoms with Crippen molar-refractivity contribution in [1.82, 2.24) is 14.9 Å². The number of fused-ring (bicyclic) bond motifs is 1. The summed E-state index contributed by atoms with van der Waals surface area (Å²) in [6.07, 6.45) is 1.41. The minimum atomic E-state index is -0.327. The van der Waals surface area contributed by atoms with Gasteiger partial charge in [-0.2, -0.15) is 0 Å². The smallest absolute Gasteiger partial charge is 0.265 e. The minimum Gasteiger partial charge on any atom is -0.495 e. The number of aliphatic hydroxyl groups excluding tert-OH is 1. The molecule has 0 saturated carbocycles. The Morgan fingerprint density at radius 2 is 2.08 bits per heavy atom. The highest BCUT2D eigenvalue weighted by atomic mass is 16.5. The Balaban J connectivity index is 2.07. The van der Waals surface area contributed by atoms with Gasteiger partial charge >= 0.3 is 0 Å². The molecule has 1 amide bonds. The van der Waals surface area contributed by atoms with E-state index in [0.717, 1.165) is 0 Å². The van der Waals surface area contributed by atoms with Crippen molar-refractivity contribution in [2.24, 2.45) is 0 Å². The highest BCUT2D eigenvalue weighted by Crippen LogP contribution is 2.21. The lowest BCUT2D eigenvalue weighted by molar-refractivity contribution is 0.0945. The van der Waals surface area contributed by atoms with Crippen molar-refractivity contribution in [3.63, 3.8) is 0 Å². The number of benzene rings is 2. The van der Waals surface area contributed by atoms with Gasteiger partial charge in [0.1, 0.15) is 12.1 Å². The SMILES string of the molecule is COc1ccccc1-n1cnc2cc(C(=O)NCCO)ccc2c1=O. The second-order valence-electron chi connectivity index (χ2n) is 5.30. The molecule has 7 nitrogen and oxygen atoms in total. The van der Waals surface area contributed by atoms with Gasteiger partial charge in [0.15, 0.2) is 0 Å². The second-order valence-corrected chi connectivity index (χ2v) is 5.30. The summed E-state index contributed by atoms with van der Waals surface area (Å²) in [7, 11) is 1.54. The minimum absolute atomic E-state index is 0.138. The first-order chi connectivity index (χ1) is 12.2. The standard InChI is InChI=1S/C18H17N3O4/c1-25-16-5-3-2-4-15(16)21-11-20-14-10-12(17(23)19-8-9-22)6-7-13(14)18(21)24/h2-7,10-11,22H,8-9H2,1H3,(H,19,23). The second kappa shape index (κ2) is 7.14. The number of amides is 1. The molecule has 0 fully saturated rings. The van der Waals surface area contributed by atoms with Gasteiger partial charge in [0.05, 0.1) is 30.3 Å². The molecule has 0 bridgehead atoms. The van der Waals surface area contributed by atoms with E-state index >= 15 is 0 Å². The van der Waals surface area contributed by atoms with E-state index in [9.17, 15) is 9.59 Å². The Hall–Kier alpha value is -3.19. The molecule has 1 aromatic heterocycles. The Morgan fingerprint density at radius 3 is 2.84 bits per heavy atom. The molecule has 0 aliphatic rings. The predicted molar refractivity (Wildman–Crippen MR) is 93.3 cm³/mol. The first kappa shape index (κ1) is 16.7. The molecule has 2 N–H and O–H groups in total. The molecule has 0 spiro atoms. The number of methoxy groups -OCH3 is 1. The maximum absolute atomic E-state index is 12.8. The number of rotatable bonds is 5. The molecule has 3 rings (SSSR count). The summed E-state index contributed by atoms with van der Waals surface area (Å²) in [6.45, 7) is 0.0287. The van der Waals surface area contributed by atoms with Gasteiger partial charge in [-0.1, -0.05) is 12.1 Å². The Morgan fingerprint density at radius 1 is 1.28 bits per heavy atom. The molecule has 0 saturated heterocycles. The van der Waals surface area contributed by atoms with E-state index < -0.39 is 0 Å². The molecule has 3 aromatic rings. The van der Waals surface area contributed by atoms with Crippen LogP contribution in [0.1, 0.15) is 10.4 Å². The van der Waals surface area contributed by atoms with E-state index in [1.807, 2.05) is 12.1 Å². The number of aromatic nitrogens is 2. The van der Waals surface area contributed by atoms with Crippen molar-refractivity contribution in [3.8, 4) is 11.4 Å². The Bertz CT molecular complexity index is 981. The number of nitrogens with one attached hydrogen (secondary N) is 1. The van der Waals surface area contributed by atoms with Crippen molar-refractivity contribution in [2.75, 3.05) is 20.3 Å². The van der Waals surface area contributed by atoms with Crippen LogP contribution in [0.25, 0.3) is 16.6 Å². The summed E-state index contributed by atoms with van der Waals surface area (Å²) in [6, 6.07) is 11.8. The van der Waals surface area contributed by atoms with Gasteiger partial charge in [-0.15, -0.1) is 0 Å². The third kappa shape index (κ3) is 3.22. The number of hydrogen-bond donors (Lipinski definition) is 2. The zero-order chi connectivity index (χ0) is 17.8. The van der Waals surface area contributed by atoms with Crippen LogP contribution in [0.3, 0.4) is 0 Å². The Kier molecular flexibility index (Phi) is 4.76. The predicted octanol–water partition coefficient (Wildman–Crippen LogP) is 1.12. The number of nitrogens with zero attached hydrogens (tertiary/aromatic N) is 2. The van der Waals surface area contributed by atoms with Gasteiger partial charge in [-0.05, 0) is 30.3 Å². The van der Waals surface area contributed by atoms with Crippen LogP contribution in [0.4, 0.5) is 0 Å². The van der Waals surface area contributed by atoms with E-state index in [-0.39, 0.29) is 24.6 Å². The number of para-hydroxylation sites is 2. The van der Waals surface area contributed by atoms with Crippen LogP contribution in [0, 0.1) is 0 Å². The third-order valence-electron chi connectivity index (χ3n) is 3.76. The largest absolute Gasteiger partial charge is 0.495 e. The molecule has 1 heterocycles. The summed E-state index contributed by atoms with van der Waals surface area (Å²) in [5.41, 5.74) is 1.14. The van der Waals surface area contributed by atoms with Crippen molar-refractivity contribution >= 4 is 16.8 Å². The molecule has 128 valence electrons. The van der Waals surface area contributed by atoms with Gasteiger partial charge in [0.25, 0.3) is 11.5 Å². The fraction of sp³-hybridized carbons (Fsp3) is 0.167. The first-order valence-electron chi connectivity index (χ1n) is 7.69. The van der Waals surface area contributed by atoms with E-state index in [1.165, 1.54) is 18.0 Å². The van der Waals surface area contributed by atoms with Gasteiger partial charge in [0, 0.05) is 12.1 Å². The number of hydrogen-bond acceptors (Lipinski definition) is 5. The monoisotopic (exact) mass is 339 g/mol. The maximum atomic E-state index is 12.8. The van der Waals surface area contributed by atoms with Crippen LogP contribution in [0.15, 0.2) is 53.6 Å². The molecule has 0 aliphatic carbocycles. The third-order valence-corrected chi connectivity index (χ3v) is 3.76. The van der Waals surface area contributed by atoms with E-state index in [0.29, 0.717) is 27.9 Å². The van der Waals surface area contributed by atoms with Crippen LogP contribution in [-0.4, -0.2) is 40.8 Å². The molecule has 0 unspecified atom stereocenters. The fourth-order valence-electron chi connectivity index (χ4n) is 2.53. The average molecular weight is 339 g/mol. The van der Waals surface area contributed by atoms with E-state index in [4.69, 9.17) is 9.84 Å². The number of aliphatic hydroxyl groups is 1. The van der Waals surface area contributed by atoms with Crippen LogP contribution >= 0.6 is 0 Å². The number of carbonyl (C=O) groups excluding carboxylic acids is 1. The quantitative estimate of drug-likeness (QED) is 0.726. The summed E-state index contributed by atoms with van der Waals surface area (Å²) >= 11 is 0. The van der Waals surface area contributed by atoms with Crippen LogP contribution in [0.2, 0.25) is 0 Å². The van der Waals surface area contributed by atoms with Crippen LogP contribution in [0.5, 0.6) is 5.75 Å². The highest BCUT2D eigenvalue weighted by molar-refractivity contribution is 5.97. The lowest BCUT2D eigenvalue weighted by atomic mass is 10.1. The molecular formula is C18H17N3O4. The van der Waals surface area contributed by atoms with Crippen molar-refractivity contribution in [1.29, 1.82) is 0 Å². The normalized spacial score (nSPS) is 10.6. The van der Waals surface area contributed by atoms with Crippen LogP contribution in [-0.2, 0) is 0 Å². The number of carbonyl (C=O) groups is 1. The zero-order valence-electron chi connectivity index (χ0n) is 13.6. The molecule has 25 heavy (non-hydrogen) atoms. The van der Waals surface area contributed by atoms with Gasteiger partial charge < -0.3 is 15.2 Å². The maximum Gasteiger partial charge on any atom is 0.265 e. The van der Waals surface area contributed by atoms with Gasteiger partial charge in [-0.3, -0.25) is 14.2 Å². The zero-order valence-corrected chi connectivity index (χ0v) is 13.6. The molecule has 0 aliphatic heterocycles. The van der Waals surface area contributed by atoms with Crippen molar-refractivity contribution in [3.05, 3.63) is 64.7 Å². The topological polar surface area (TPSA) is 93.5 Å². The summed E-state index contributed by atoms with van der Waals surface area (Å²) in [5, 5.41) is 11.7. The lowest BCUT2D eigenvalue weighted by Crippen LogP contribution is -2.26. The Labute approximate surface area is 143 Å². The summed E-state index contributed by atoms with van der Waals surface area (Å²) in [4.78, 5) is 29.0. The molecule has 0 radical (unpaired) electrons. The molecule has 7 heteroatoms. The number of ether oxygens (including phenoxy) is 1. The lowest BCUT2D eigenvalue weighted by Gasteiger charge is -2.11. The van der Waals surface area contributed by atoms with Crippen LogP contribution < -0.4 is 15.6 Å². The van der Waals surface area contributed by atoms with E-state index in [2.05, 4.69) is 10.3 Å². The molecule has 0 atom stereocenters. The summed E-state index contributed by atoms with van der Waals surface area (Å²) in [5.74, 6) is 0.234. The van der Waals surface area contributed by atoms with Crippen molar-refractivity contribution in [2.45, 2.75) is 0 Å². The van der Waals surface area contributed by atoms with Gasteiger partial charge in [-0.25, -0.2) is 4.98 Å². The summed E-state index contributed by atoms with van der Waals surface area (Å²) < 4.78 is 6.70. The fourth-order valence-corrected chi connectivity index (χ4v) is 2.53. The van der Waals surface area contributed by atoms with E-state index in [1.54, 1.807) is 30.3 Å². The molecular weight excluding hydrogens is 322 g/mol. The molecule has 2 aromatic carbocycles. The highest BCUT2D eigenvalue weighted by Gasteiger charge is 2.12. The average Bonchev–Trinajstić information content (AvgIpc) is 2.66.